The molecule has 0 aliphatic heterocycles. The molecule has 1 N–H and O–H groups in total. The van der Waals surface area contributed by atoms with Crippen molar-refractivity contribution in [3.8, 4) is 0 Å². The molecule has 0 fully saturated rings. The lowest BCUT2D eigenvalue weighted by atomic mass is 10.1. The maximum Gasteiger partial charge on any atom is 0.306 e. The number of likely N-dealkylation sites (N-methyl/N-ethyl adjacent to an activating group) is 1. The third-order valence-corrected chi connectivity index (χ3v) is 11.9. The number of hydrogen-bond donors (Lipinski definition) is 1. The van der Waals surface area contributed by atoms with Gasteiger partial charge in [-0.05, 0) is 102 Å². The summed E-state index contributed by atoms with van der Waals surface area (Å²) in [5.74, 6) is -0.648. The van der Waals surface area contributed by atoms with Crippen LogP contribution in [0.25, 0.3) is 0 Å². The van der Waals surface area contributed by atoms with Gasteiger partial charge in [0, 0.05) is 12.8 Å². The number of rotatable bonds is 46. The first-order chi connectivity index (χ1) is 32.9. The van der Waals surface area contributed by atoms with Gasteiger partial charge in [-0.25, -0.2) is 0 Å². The maximum absolute atomic E-state index is 13.4. The third kappa shape index (κ3) is 47.7. The number of carbonyl (C=O) groups is 2. The van der Waals surface area contributed by atoms with Crippen molar-refractivity contribution in [2.45, 2.75) is 206 Å². The van der Waals surface area contributed by atoms with Gasteiger partial charge in [0.15, 0.2) is 0 Å². The third-order valence-electron chi connectivity index (χ3n) is 10.9. The van der Waals surface area contributed by atoms with E-state index in [9.17, 15) is 19.0 Å². The molecule has 0 saturated heterocycles. The fourth-order valence-electron chi connectivity index (χ4n) is 6.86. The highest BCUT2D eigenvalue weighted by Gasteiger charge is 2.27. The molecule has 0 heterocycles. The van der Waals surface area contributed by atoms with E-state index in [-0.39, 0.29) is 31.3 Å². The van der Waals surface area contributed by atoms with E-state index in [2.05, 4.69) is 123 Å². The van der Waals surface area contributed by atoms with E-state index < -0.39 is 26.6 Å². The lowest BCUT2D eigenvalue weighted by Crippen LogP contribution is -2.47. The number of unbranched alkanes of at least 4 members (excludes halogenated alkanes) is 14. The van der Waals surface area contributed by atoms with E-state index in [1.54, 1.807) is 6.08 Å². The number of hydrogen-bond acceptors (Lipinski definition) is 7. The van der Waals surface area contributed by atoms with Gasteiger partial charge in [0.25, 0.3) is 7.82 Å². The SMILES string of the molecule is CC/C=C\C/C=C\C/C=C\C/C=C\C/C=C\CCCC(=O)NC(COP(=O)([O-])OCC[N+](C)(C)C)C(/C=C/CCCCCCCCCCC)OC(=O)CCCCCC/C=C/C/C=C/C/C=C/CC. The largest absolute Gasteiger partial charge is 0.756 e. The Morgan fingerprint density at radius 1 is 0.529 bits per heavy atom. The number of carbonyl (C=O) groups excluding carboxylic acids is 2. The molecule has 0 spiro atoms. The fourth-order valence-corrected chi connectivity index (χ4v) is 7.59. The summed E-state index contributed by atoms with van der Waals surface area (Å²) >= 11 is 0. The molecule has 9 nitrogen and oxygen atoms in total. The van der Waals surface area contributed by atoms with E-state index in [0.717, 1.165) is 103 Å². The zero-order chi connectivity index (χ0) is 50.1. The number of nitrogens with zero attached hydrogens (tertiary/aromatic N) is 1. The number of esters is 1. The molecule has 0 aromatic carbocycles. The second kappa shape index (κ2) is 47.4. The normalized spacial score (nSPS) is 14.8. The molecule has 0 aliphatic rings. The van der Waals surface area contributed by atoms with Crippen LogP contribution in [0, 0.1) is 0 Å². The average Bonchev–Trinajstić information content (AvgIpc) is 3.29. The highest BCUT2D eigenvalue weighted by Crippen LogP contribution is 2.38. The van der Waals surface area contributed by atoms with Gasteiger partial charge in [0.2, 0.25) is 5.91 Å². The summed E-state index contributed by atoms with van der Waals surface area (Å²) in [6.45, 7) is 6.51. The molecule has 0 aromatic heterocycles. The summed E-state index contributed by atoms with van der Waals surface area (Å²) in [7, 11) is 1.12. The van der Waals surface area contributed by atoms with E-state index in [1.165, 1.54) is 44.9 Å². The van der Waals surface area contributed by atoms with Crippen molar-refractivity contribution in [1.82, 2.24) is 5.32 Å². The van der Waals surface area contributed by atoms with Crippen LogP contribution in [-0.2, 0) is 27.9 Å². The van der Waals surface area contributed by atoms with Crippen molar-refractivity contribution in [2.24, 2.45) is 0 Å². The van der Waals surface area contributed by atoms with Gasteiger partial charge >= 0.3 is 5.97 Å². The molecule has 3 unspecified atom stereocenters. The van der Waals surface area contributed by atoms with Crippen molar-refractivity contribution in [1.29, 1.82) is 0 Å². The first kappa shape index (κ1) is 64.7. The first-order valence-electron chi connectivity index (χ1n) is 26.7. The summed E-state index contributed by atoms with van der Waals surface area (Å²) < 4.78 is 30.1. The van der Waals surface area contributed by atoms with Crippen LogP contribution < -0.4 is 10.2 Å². The van der Waals surface area contributed by atoms with Gasteiger partial charge in [-0.2, -0.15) is 0 Å². The van der Waals surface area contributed by atoms with Crippen molar-refractivity contribution in [3.05, 3.63) is 109 Å². The second-order valence-electron chi connectivity index (χ2n) is 18.6. The number of phosphoric ester groups is 1. The summed E-state index contributed by atoms with van der Waals surface area (Å²) in [4.78, 5) is 39.7. The molecule has 3 atom stereocenters. The molecule has 68 heavy (non-hydrogen) atoms. The molecule has 10 heteroatoms. The molecule has 1 amide bonds. The molecule has 0 bridgehead atoms. The van der Waals surface area contributed by atoms with E-state index in [4.69, 9.17) is 13.8 Å². The summed E-state index contributed by atoms with van der Waals surface area (Å²) in [6.07, 6.45) is 63.5. The lowest BCUT2D eigenvalue weighted by molar-refractivity contribution is -0.870. The van der Waals surface area contributed by atoms with Crippen molar-refractivity contribution >= 4 is 19.7 Å². The number of amides is 1. The Morgan fingerprint density at radius 2 is 0.956 bits per heavy atom. The molecule has 0 aromatic rings. The Hall–Kier alpha value is -3.33. The predicted octanol–water partition coefficient (Wildman–Crippen LogP) is 15.2. The summed E-state index contributed by atoms with van der Waals surface area (Å²) in [6, 6.07) is -0.932. The van der Waals surface area contributed by atoms with E-state index >= 15 is 0 Å². The van der Waals surface area contributed by atoms with Crippen LogP contribution in [0.1, 0.15) is 194 Å². The zero-order valence-electron chi connectivity index (χ0n) is 44.0. The van der Waals surface area contributed by atoms with Crippen LogP contribution in [0.2, 0.25) is 0 Å². The van der Waals surface area contributed by atoms with Crippen LogP contribution in [0.15, 0.2) is 109 Å². The summed E-state index contributed by atoms with van der Waals surface area (Å²) in [5, 5.41) is 2.97. The number of phosphoric acid groups is 1. The molecule has 0 radical (unpaired) electrons. The van der Waals surface area contributed by atoms with Gasteiger partial charge in [-0.15, -0.1) is 0 Å². The zero-order valence-corrected chi connectivity index (χ0v) is 44.9. The van der Waals surface area contributed by atoms with Gasteiger partial charge < -0.3 is 28.5 Å². The second-order valence-corrected chi connectivity index (χ2v) is 20.0. The molecule has 0 saturated carbocycles. The minimum Gasteiger partial charge on any atom is -0.756 e. The number of quaternary nitrogens is 1. The summed E-state index contributed by atoms with van der Waals surface area (Å²) in [5.41, 5.74) is 0. The Balaban J connectivity index is 5.53. The molecular weight excluding hydrogens is 868 g/mol. The minimum atomic E-state index is -4.72. The van der Waals surface area contributed by atoms with E-state index in [0.29, 0.717) is 23.9 Å². The standard InChI is InChI=1S/C58H99N2O7P/c1-7-10-13-16-19-22-25-27-29-30-31-32-35-38-41-44-47-50-57(61)59-55(54-66-68(63,64)65-53-52-60(4,5)6)56(49-46-43-40-37-34-24-21-18-15-12-9-3)67-58(62)51-48-45-42-39-36-33-28-26-23-20-17-14-11-8-2/h10-11,13-14,19-20,22-23,27-29,31-33,38,41,46,49,55-56H,7-9,12,15-18,21,24-26,30,34-37,39-40,42-45,47-48,50-54H2,1-6H3,(H-,59,61,63,64)/b13-10-,14-11+,22-19-,23-20+,29-27-,32-31-,33-28+,41-38-,49-46+. The van der Waals surface area contributed by atoms with Crippen molar-refractivity contribution < 1.29 is 37.3 Å². The Bertz CT molecular complexity index is 1530. The van der Waals surface area contributed by atoms with Gasteiger partial charge in [-0.1, -0.05) is 188 Å². The maximum atomic E-state index is 13.4. The van der Waals surface area contributed by atoms with Crippen LogP contribution in [0.3, 0.4) is 0 Å². The Kier molecular flexibility index (Phi) is 45.0. The first-order valence-corrected chi connectivity index (χ1v) is 28.2. The van der Waals surface area contributed by atoms with Crippen LogP contribution >= 0.6 is 7.82 Å². The van der Waals surface area contributed by atoms with Gasteiger partial charge in [0.05, 0.1) is 33.8 Å². The number of allylic oxidation sites excluding steroid dienone is 17. The minimum absolute atomic E-state index is 0.0427. The highest BCUT2D eigenvalue weighted by molar-refractivity contribution is 7.45. The predicted molar refractivity (Wildman–Crippen MR) is 288 cm³/mol. The van der Waals surface area contributed by atoms with Gasteiger partial charge in [-0.3, -0.25) is 14.2 Å². The quantitative estimate of drug-likeness (QED) is 0.0212. The van der Waals surface area contributed by atoms with Crippen LogP contribution in [0.5, 0.6) is 0 Å². The lowest BCUT2D eigenvalue weighted by Gasteiger charge is -2.30. The van der Waals surface area contributed by atoms with Gasteiger partial charge in [0.1, 0.15) is 19.3 Å². The molecule has 388 valence electrons. The molecule has 0 rings (SSSR count). The Labute approximate surface area is 417 Å². The average molecular weight is 967 g/mol. The molecule has 0 aliphatic carbocycles. The smallest absolute Gasteiger partial charge is 0.306 e. The van der Waals surface area contributed by atoms with Crippen LogP contribution in [-0.4, -0.2) is 69.4 Å². The fraction of sp³-hybridized carbons (Fsp3) is 0.655. The highest BCUT2D eigenvalue weighted by atomic mass is 31.2. The van der Waals surface area contributed by atoms with Crippen LogP contribution in [0.4, 0.5) is 0 Å². The Morgan fingerprint density at radius 3 is 1.44 bits per heavy atom. The number of ether oxygens (including phenoxy) is 1. The monoisotopic (exact) mass is 967 g/mol. The molecular formula is C58H99N2O7P. The van der Waals surface area contributed by atoms with E-state index in [1.807, 2.05) is 27.2 Å². The van der Waals surface area contributed by atoms with Crippen molar-refractivity contribution in [2.75, 3.05) is 40.9 Å². The topological polar surface area (TPSA) is 114 Å². The van der Waals surface area contributed by atoms with Crippen molar-refractivity contribution in [3.63, 3.8) is 0 Å². The number of nitrogens with one attached hydrogen (secondary N) is 1.